The zero-order valence-corrected chi connectivity index (χ0v) is 14.2. The number of likely N-dealkylation sites (tertiary alicyclic amines) is 1. The number of carbonyl (C=O) groups is 3. The van der Waals surface area contributed by atoms with Gasteiger partial charge in [0.25, 0.3) is 5.91 Å². The molecule has 2 heterocycles. The maximum Gasteiger partial charge on any atom is 0.410 e. The Hall–Kier alpha value is -3.16. The second-order valence-electron chi connectivity index (χ2n) is 6.08. The maximum absolute atomic E-state index is 12.2. The van der Waals surface area contributed by atoms with Gasteiger partial charge in [-0.2, -0.15) is 5.10 Å². The third-order valence-electron chi connectivity index (χ3n) is 4.32. The van der Waals surface area contributed by atoms with E-state index in [4.69, 9.17) is 4.74 Å². The molecule has 3 rings (SSSR count). The van der Waals surface area contributed by atoms with Crippen LogP contribution in [0.25, 0.3) is 0 Å². The number of nitrogens with zero attached hydrogens (tertiary/aromatic N) is 2. The number of aromatic nitrogens is 2. The summed E-state index contributed by atoms with van der Waals surface area (Å²) in [7, 11) is 0. The number of aromatic amines is 1. The molecule has 1 aromatic carbocycles. The van der Waals surface area contributed by atoms with Crippen molar-refractivity contribution < 1.29 is 19.1 Å². The standard InChI is InChI=1S/C18H20N4O4/c23-11-16-15(10-19-21-16)17(24)20-14-6-8-22(9-7-14)18(25)26-12-13-4-2-1-3-5-13/h1-5,10-11,14H,6-9,12H2,(H,19,21)(H,20,24). The Morgan fingerprint density at radius 1 is 1.27 bits per heavy atom. The molecule has 136 valence electrons. The minimum absolute atomic E-state index is 0.0601. The van der Waals surface area contributed by atoms with Crippen molar-refractivity contribution in [3.05, 3.63) is 53.3 Å². The van der Waals surface area contributed by atoms with Crippen LogP contribution in [-0.2, 0) is 11.3 Å². The highest BCUT2D eigenvalue weighted by Gasteiger charge is 2.26. The average Bonchev–Trinajstić information content (AvgIpc) is 3.16. The Morgan fingerprint density at radius 2 is 2.00 bits per heavy atom. The van der Waals surface area contributed by atoms with Gasteiger partial charge in [-0.05, 0) is 18.4 Å². The minimum Gasteiger partial charge on any atom is -0.445 e. The van der Waals surface area contributed by atoms with Crippen LogP contribution in [-0.4, -0.2) is 52.5 Å². The number of aldehydes is 1. The van der Waals surface area contributed by atoms with Crippen LogP contribution < -0.4 is 5.32 Å². The molecular formula is C18H20N4O4. The molecule has 0 spiro atoms. The fourth-order valence-corrected chi connectivity index (χ4v) is 2.85. The van der Waals surface area contributed by atoms with E-state index in [9.17, 15) is 14.4 Å². The molecule has 0 unspecified atom stereocenters. The highest BCUT2D eigenvalue weighted by atomic mass is 16.6. The summed E-state index contributed by atoms with van der Waals surface area (Å²) in [5, 5.41) is 9.09. The topological polar surface area (TPSA) is 104 Å². The van der Waals surface area contributed by atoms with Gasteiger partial charge in [0.15, 0.2) is 6.29 Å². The third kappa shape index (κ3) is 4.27. The lowest BCUT2D eigenvalue weighted by Crippen LogP contribution is -2.46. The number of hydrogen-bond donors (Lipinski definition) is 2. The number of H-pyrrole nitrogens is 1. The van der Waals surface area contributed by atoms with Gasteiger partial charge in [0.05, 0.1) is 5.56 Å². The molecule has 0 aliphatic carbocycles. The number of hydrogen-bond acceptors (Lipinski definition) is 5. The number of carbonyl (C=O) groups excluding carboxylic acids is 3. The van der Waals surface area contributed by atoms with E-state index in [1.54, 1.807) is 4.90 Å². The van der Waals surface area contributed by atoms with Crippen molar-refractivity contribution in [3.63, 3.8) is 0 Å². The van der Waals surface area contributed by atoms with Gasteiger partial charge in [0.2, 0.25) is 0 Å². The Balaban J connectivity index is 1.44. The summed E-state index contributed by atoms with van der Waals surface area (Å²) in [5.41, 5.74) is 1.25. The second-order valence-corrected chi connectivity index (χ2v) is 6.08. The summed E-state index contributed by atoms with van der Waals surface area (Å²) in [4.78, 5) is 36.8. The molecule has 0 saturated carbocycles. The Kier molecular flexibility index (Phi) is 5.62. The smallest absolute Gasteiger partial charge is 0.410 e. The molecule has 2 amide bonds. The number of ether oxygens (including phenoxy) is 1. The molecule has 1 aliphatic heterocycles. The van der Waals surface area contributed by atoms with E-state index in [0.29, 0.717) is 32.2 Å². The molecule has 0 atom stereocenters. The number of piperidine rings is 1. The molecule has 8 nitrogen and oxygen atoms in total. The van der Waals surface area contributed by atoms with E-state index in [1.165, 1.54) is 6.20 Å². The molecule has 1 saturated heterocycles. The summed E-state index contributed by atoms with van der Waals surface area (Å²) >= 11 is 0. The first kappa shape index (κ1) is 17.7. The monoisotopic (exact) mass is 356 g/mol. The van der Waals surface area contributed by atoms with Crippen molar-refractivity contribution in [1.29, 1.82) is 0 Å². The van der Waals surface area contributed by atoms with Gasteiger partial charge in [0.1, 0.15) is 12.3 Å². The fraction of sp³-hybridized carbons (Fsp3) is 0.333. The van der Waals surface area contributed by atoms with Crippen molar-refractivity contribution in [2.75, 3.05) is 13.1 Å². The number of rotatable bonds is 5. The molecule has 2 aromatic rings. The van der Waals surface area contributed by atoms with E-state index in [0.717, 1.165) is 5.56 Å². The zero-order chi connectivity index (χ0) is 18.4. The van der Waals surface area contributed by atoms with Crippen LogP contribution in [0.4, 0.5) is 4.79 Å². The third-order valence-corrected chi connectivity index (χ3v) is 4.32. The quantitative estimate of drug-likeness (QED) is 0.794. The van der Waals surface area contributed by atoms with Crippen LogP contribution >= 0.6 is 0 Å². The first-order valence-electron chi connectivity index (χ1n) is 8.43. The zero-order valence-electron chi connectivity index (χ0n) is 14.2. The van der Waals surface area contributed by atoms with E-state index in [2.05, 4.69) is 15.5 Å². The van der Waals surface area contributed by atoms with Crippen LogP contribution in [0.3, 0.4) is 0 Å². The fourth-order valence-electron chi connectivity index (χ4n) is 2.85. The lowest BCUT2D eigenvalue weighted by atomic mass is 10.0. The molecule has 1 fully saturated rings. The van der Waals surface area contributed by atoms with Crippen molar-refractivity contribution in [2.24, 2.45) is 0 Å². The van der Waals surface area contributed by atoms with Crippen LogP contribution in [0, 0.1) is 0 Å². The number of nitrogens with one attached hydrogen (secondary N) is 2. The summed E-state index contributed by atoms with van der Waals surface area (Å²) < 4.78 is 5.32. The van der Waals surface area contributed by atoms with Gasteiger partial charge in [-0.3, -0.25) is 14.7 Å². The highest BCUT2D eigenvalue weighted by Crippen LogP contribution is 2.14. The van der Waals surface area contributed by atoms with Gasteiger partial charge >= 0.3 is 6.09 Å². The van der Waals surface area contributed by atoms with Gasteiger partial charge in [0, 0.05) is 25.3 Å². The minimum atomic E-state index is -0.350. The average molecular weight is 356 g/mol. The molecule has 0 bridgehead atoms. The maximum atomic E-state index is 12.2. The predicted molar refractivity (Wildman–Crippen MR) is 92.7 cm³/mol. The Labute approximate surface area is 150 Å². The van der Waals surface area contributed by atoms with E-state index >= 15 is 0 Å². The van der Waals surface area contributed by atoms with Gasteiger partial charge < -0.3 is 15.0 Å². The Bertz CT molecular complexity index is 767. The molecule has 26 heavy (non-hydrogen) atoms. The van der Waals surface area contributed by atoms with Gasteiger partial charge in [-0.25, -0.2) is 4.79 Å². The highest BCUT2D eigenvalue weighted by molar-refractivity contribution is 6.00. The van der Waals surface area contributed by atoms with Crippen LogP contribution in [0.5, 0.6) is 0 Å². The van der Waals surface area contributed by atoms with Crippen molar-refractivity contribution in [2.45, 2.75) is 25.5 Å². The number of benzene rings is 1. The lowest BCUT2D eigenvalue weighted by Gasteiger charge is -2.31. The lowest BCUT2D eigenvalue weighted by molar-refractivity contribution is 0.0807. The van der Waals surface area contributed by atoms with E-state index in [-0.39, 0.29) is 35.9 Å². The SMILES string of the molecule is O=Cc1n[nH]cc1C(=O)NC1CCN(C(=O)OCc2ccccc2)CC1. The normalized spacial score (nSPS) is 14.7. The van der Waals surface area contributed by atoms with Gasteiger partial charge in [-0.1, -0.05) is 30.3 Å². The Morgan fingerprint density at radius 3 is 2.69 bits per heavy atom. The molecule has 8 heteroatoms. The number of amides is 2. The van der Waals surface area contributed by atoms with Crippen LogP contribution in [0.1, 0.15) is 39.3 Å². The summed E-state index contributed by atoms with van der Waals surface area (Å²) in [6, 6.07) is 9.44. The van der Waals surface area contributed by atoms with E-state index < -0.39 is 0 Å². The van der Waals surface area contributed by atoms with Crippen LogP contribution in [0.2, 0.25) is 0 Å². The molecule has 1 aliphatic rings. The summed E-state index contributed by atoms with van der Waals surface area (Å²) in [6.45, 7) is 1.25. The predicted octanol–water partition coefficient (Wildman–Crippen LogP) is 1.75. The molecule has 0 radical (unpaired) electrons. The second kappa shape index (κ2) is 8.28. The van der Waals surface area contributed by atoms with E-state index in [1.807, 2.05) is 30.3 Å². The van der Waals surface area contributed by atoms with Crippen molar-refractivity contribution in [1.82, 2.24) is 20.4 Å². The van der Waals surface area contributed by atoms with Crippen LogP contribution in [0.15, 0.2) is 36.5 Å². The summed E-state index contributed by atoms with van der Waals surface area (Å²) in [6.07, 6.45) is 2.84. The largest absolute Gasteiger partial charge is 0.445 e. The molecule has 1 aromatic heterocycles. The molecular weight excluding hydrogens is 336 g/mol. The van der Waals surface area contributed by atoms with Gasteiger partial charge in [-0.15, -0.1) is 0 Å². The summed E-state index contributed by atoms with van der Waals surface area (Å²) in [5.74, 6) is -0.342. The first-order valence-corrected chi connectivity index (χ1v) is 8.43. The molecule has 2 N–H and O–H groups in total. The van der Waals surface area contributed by atoms with Crippen molar-refractivity contribution >= 4 is 18.3 Å². The van der Waals surface area contributed by atoms with Crippen molar-refractivity contribution in [3.8, 4) is 0 Å². The first-order chi connectivity index (χ1) is 12.7.